The fourth-order valence-electron chi connectivity index (χ4n) is 2.50. The van der Waals surface area contributed by atoms with Gasteiger partial charge in [0.15, 0.2) is 0 Å². The van der Waals surface area contributed by atoms with Crippen molar-refractivity contribution in [3.05, 3.63) is 35.9 Å². The molecule has 3 atom stereocenters. The van der Waals surface area contributed by atoms with Gasteiger partial charge in [-0.25, -0.2) is 0 Å². The standard InChI is InChI=1S/C19H28N4O6S/c1-30-8-7-14(18(28)21-10-16(25)26)22-19(29)15(11-24)23-17(27)13(20)9-12-5-3-2-4-6-12/h2-6,13-15,24H,7-11,20H2,1H3,(H,21,28)(H,22,29)(H,23,27)(H,25,26). The van der Waals surface area contributed by atoms with Gasteiger partial charge in [-0.3, -0.25) is 19.2 Å². The minimum Gasteiger partial charge on any atom is -0.480 e. The smallest absolute Gasteiger partial charge is 0.322 e. The zero-order chi connectivity index (χ0) is 22.5. The SMILES string of the molecule is CSCCC(NC(=O)C(CO)NC(=O)C(N)Cc1ccccc1)C(=O)NCC(=O)O. The molecule has 0 saturated heterocycles. The lowest BCUT2D eigenvalue weighted by atomic mass is 10.1. The monoisotopic (exact) mass is 440 g/mol. The molecule has 0 aliphatic carbocycles. The van der Waals surface area contributed by atoms with Crippen molar-refractivity contribution in [1.29, 1.82) is 0 Å². The molecule has 0 fully saturated rings. The highest BCUT2D eigenvalue weighted by molar-refractivity contribution is 7.98. The fraction of sp³-hybridized carbons (Fsp3) is 0.474. The first-order valence-electron chi connectivity index (χ1n) is 9.28. The highest BCUT2D eigenvalue weighted by atomic mass is 32.2. The number of aliphatic hydroxyl groups is 1. The second-order valence-corrected chi connectivity index (χ2v) is 7.48. The van der Waals surface area contributed by atoms with E-state index in [-0.39, 0.29) is 12.8 Å². The Morgan fingerprint density at radius 1 is 1.03 bits per heavy atom. The van der Waals surface area contributed by atoms with Crippen LogP contribution in [0.15, 0.2) is 30.3 Å². The summed E-state index contributed by atoms with van der Waals surface area (Å²) < 4.78 is 0. The number of carboxylic acids is 1. The second kappa shape index (κ2) is 13.6. The van der Waals surface area contributed by atoms with E-state index < -0.39 is 55.0 Å². The van der Waals surface area contributed by atoms with Crippen LogP contribution in [-0.2, 0) is 25.6 Å². The number of carbonyl (C=O) groups excluding carboxylic acids is 3. The Balaban J connectivity index is 2.69. The highest BCUT2D eigenvalue weighted by Crippen LogP contribution is 2.04. The summed E-state index contributed by atoms with van der Waals surface area (Å²) in [5.74, 6) is -2.74. The van der Waals surface area contributed by atoms with Gasteiger partial charge in [0.25, 0.3) is 0 Å². The summed E-state index contributed by atoms with van der Waals surface area (Å²) in [7, 11) is 0. The van der Waals surface area contributed by atoms with E-state index in [1.807, 2.05) is 36.6 Å². The molecule has 0 saturated carbocycles. The number of nitrogens with two attached hydrogens (primary N) is 1. The maximum Gasteiger partial charge on any atom is 0.322 e. The maximum atomic E-state index is 12.5. The van der Waals surface area contributed by atoms with E-state index in [2.05, 4.69) is 16.0 Å². The molecule has 1 aromatic carbocycles. The second-order valence-electron chi connectivity index (χ2n) is 6.49. The molecule has 10 nitrogen and oxygen atoms in total. The van der Waals surface area contributed by atoms with Crippen LogP contribution in [0.5, 0.6) is 0 Å². The van der Waals surface area contributed by atoms with Crippen LogP contribution in [0.2, 0.25) is 0 Å². The predicted molar refractivity (Wildman–Crippen MR) is 113 cm³/mol. The van der Waals surface area contributed by atoms with Crippen LogP contribution in [0.4, 0.5) is 0 Å². The van der Waals surface area contributed by atoms with E-state index in [4.69, 9.17) is 10.8 Å². The predicted octanol–water partition coefficient (Wildman–Crippen LogP) is -1.53. The normalized spacial score (nSPS) is 13.6. The van der Waals surface area contributed by atoms with Crippen LogP contribution in [0.1, 0.15) is 12.0 Å². The van der Waals surface area contributed by atoms with Gasteiger partial charge in [0.05, 0.1) is 12.6 Å². The Morgan fingerprint density at radius 2 is 1.67 bits per heavy atom. The van der Waals surface area contributed by atoms with Gasteiger partial charge >= 0.3 is 5.97 Å². The molecule has 0 radical (unpaired) electrons. The van der Waals surface area contributed by atoms with Crippen molar-refractivity contribution in [3.63, 3.8) is 0 Å². The highest BCUT2D eigenvalue weighted by Gasteiger charge is 2.27. The third kappa shape index (κ3) is 9.25. The lowest BCUT2D eigenvalue weighted by Gasteiger charge is -2.23. The maximum absolute atomic E-state index is 12.5. The molecule has 0 aliphatic rings. The van der Waals surface area contributed by atoms with Gasteiger partial charge < -0.3 is 31.9 Å². The number of nitrogens with one attached hydrogen (secondary N) is 3. The topological polar surface area (TPSA) is 171 Å². The average Bonchev–Trinajstić information content (AvgIpc) is 2.73. The van der Waals surface area contributed by atoms with E-state index >= 15 is 0 Å². The molecule has 1 aromatic rings. The zero-order valence-corrected chi connectivity index (χ0v) is 17.5. The third-order valence-corrected chi connectivity index (χ3v) is 4.75. The van der Waals surface area contributed by atoms with Gasteiger partial charge in [0.1, 0.15) is 18.6 Å². The Morgan fingerprint density at radius 3 is 2.23 bits per heavy atom. The fourth-order valence-corrected chi connectivity index (χ4v) is 2.97. The molecule has 0 bridgehead atoms. The van der Waals surface area contributed by atoms with Crippen molar-refractivity contribution in [2.75, 3.05) is 25.2 Å². The molecular weight excluding hydrogens is 412 g/mol. The van der Waals surface area contributed by atoms with Gasteiger partial charge in [-0.15, -0.1) is 0 Å². The van der Waals surface area contributed by atoms with Crippen molar-refractivity contribution >= 4 is 35.5 Å². The summed E-state index contributed by atoms with van der Waals surface area (Å²) in [5, 5.41) is 25.2. The van der Waals surface area contributed by atoms with Crippen LogP contribution < -0.4 is 21.7 Å². The Bertz CT molecular complexity index is 718. The zero-order valence-electron chi connectivity index (χ0n) is 16.7. The van der Waals surface area contributed by atoms with E-state index in [9.17, 15) is 24.3 Å². The minimum absolute atomic E-state index is 0.248. The summed E-state index contributed by atoms with van der Waals surface area (Å²) >= 11 is 1.45. The van der Waals surface area contributed by atoms with Crippen molar-refractivity contribution in [1.82, 2.24) is 16.0 Å². The summed E-state index contributed by atoms with van der Waals surface area (Å²) in [6, 6.07) is 5.85. The molecule has 0 aromatic heterocycles. The van der Waals surface area contributed by atoms with Gasteiger partial charge in [0, 0.05) is 0 Å². The van der Waals surface area contributed by atoms with E-state index in [1.165, 1.54) is 11.8 Å². The van der Waals surface area contributed by atoms with Crippen molar-refractivity contribution in [2.24, 2.45) is 5.73 Å². The Kier molecular flexibility index (Phi) is 11.5. The van der Waals surface area contributed by atoms with Gasteiger partial charge in [-0.2, -0.15) is 11.8 Å². The molecule has 0 aliphatic heterocycles. The van der Waals surface area contributed by atoms with Crippen LogP contribution in [-0.4, -0.2) is 77.2 Å². The molecule has 0 spiro atoms. The number of benzene rings is 1. The number of carbonyl (C=O) groups is 4. The molecule has 7 N–H and O–H groups in total. The molecule has 30 heavy (non-hydrogen) atoms. The van der Waals surface area contributed by atoms with Crippen molar-refractivity contribution < 1.29 is 29.4 Å². The minimum atomic E-state index is -1.30. The quantitative estimate of drug-likeness (QED) is 0.214. The molecule has 11 heteroatoms. The van der Waals surface area contributed by atoms with Gasteiger partial charge in [-0.1, -0.05) is 30.3 Å². The first-order chi connectivity index (χ1) is 14.3. The summed E-state index contributed by atoms with van der Waals surface area (Å²) in [6.45, 7) is -1.28. The summed E-state index contributed by atoms with van der Waals surface area (Å²) in [4.78, 5) is 47.6. The first kappa shape index (κ1) is 25.4. The lowest BCUT2D eigenvalue weighted by Crippen LogP contribution is -2.57. The number of hydrogen-bond acceptors (Lipinski definition) is 7. The lowest BCUT2D eigenvalue weighted by molar-refractivity contribution is -0.138. The number of thioether (sulfide) groups is 1. The Labute approximate surface area is 179 Å². The van der Waals surface area contributed by atoms with E-state index in [0.29, 0.717) is 5.75 Å². The third-order valence-electron chi connectivity index (χ3n) is 4.11. The van der Waals surface area contributed by atoms with Crippen LogP contribution in [0, 0.1) is 0 Å². The molecule has 3 unspecified atom stereocenters. The summed E-state index contributed by atoms with van der Waals surface area (Å²) in [5.41, 5.74) is 6.73. The number of rotatable bonds is 13. The van der Waals surface area contributed by atoms with Crippen molar-refractivity contribution in [2.45, 2.75) is 31.0 Å². The summed E-state index contributed by atoms with van der Waals surface area (Å²) in [6.07, 6.45) is 2.32. The van der Waals surface area contributed by atoms with Crippen molar-refractivity contribution in [3.8, 4) is 0 Å². The molecular formula is C19H28N4O6S. The van der Waals surface area contributed by atoms with Gasteiger partial charge in [0.2, 0.25) is 17.7 Å². The first-order valence-corrected chi connectivity index (χ1v) is 10.7. The number of amides is 3. The van der Waals surface area contributed by atoms with E-state index in [1.54, 1.807) is 0 Å². The number of carboxylic acid groups (broad SMARTS) is 1. The molecule has 3 amide bonds. The molecule has 1 rings (SSSR count). The van der Waals surface area contributed by atoms with E-state index in [0.717, 1.165) is 5.56 Å². The van der Waals surface area contributed by atoms with Crippen LogP contribution in [0.25, 0.3) is 0 Å². The number of aliphatic hydroxyl groups excluding tert-OH is 1. The van der Waals surface area contributed by atoms with Crippen LogP contribution in [0.3, 0.4) is 0 Å². The average molecular weight is 441 g/mol. The number of aliphatic carboxylic acids is 1. The molecule has 0 heterocycles. The Hall–Kier alpha value is -2.63. The molecule has 166 valence electrons. The van der Waals surface area contributed by atoms with Gasteiger partial charge in [-0.05, 0) is 30.4 Å². The largest absolute Gasteiger partial charge is 0.480 e. The van der Waals surface area contributed by atoms with Crippen LogP contribution >= 0.6 is 11.8 Å². The number of hydrogen-bond donors (Lipinski definition) is 6.